The minimum Gasteiger partial charge on any atom is -0.308 e. The molecule has 0 saturated heterocycles. The molecule has 0 radical (unpaired) electrons. The highest BCUT2D eigenvalue weighted by Crippen LogP contribution is 2.48. The van der Waals surface area contributed by atoms with Crippen molar-refractivity contribution in [2.75, 3.05) is 0 Å². The van der Waals surface area contributed by atoms with Crippen LogP contribution in [0.3, 0.4) is 0 Å². The van der Waals surface area contributed by atoms with Crippen LogP contribution in [0.2, 0.25) is 0 Å². The number of rotatable bonds is 8. The molecule has 0 atom stereocenters. The standard InChI is InChI=1S/C69H62N4/c1-67(2,3)54-38-39-61-58(42-54)59-43-55(68(4,5)6)44-60(69(7,8)9)63(59)73(61)62-56(49-26-18-12-19-27-49)40-53(41-57(62)50-28-20-13-21-29-50)66-71-64(51-34-30-47(31-35-51)45-22-14-10-15-23-45)70-65(72-66)52-36-32-48(33-37-52)46-24-16-11-17-25-46/h10-44H,1-9H3. The Morgan fingerprint density at radius 2 is 0.671 bits per heavy atom. The topological polar surface area (TPSA) is 43.6 Å². The summed E-state index contributed by atoms with van der Waals surface area (Å²) in [7, 11) is 0. The van der Waals surface area contributed by atoms with Gasteiger partial charge < -0.3 is 4.57 Å². The van der Waals surface area contributed by atoms with Gasteiger partial charge in [0.25, 0.3) is 0 Å². The predicted molar refractivity (Wildman–Crippen MR) is 308 cm³/mol. The maximum atomic E-state index is 5.41. The Morgan fingerprint density at radius 1 is 0.301 bits per heavy atom. The second-order valence-corrected chi connectivity index (χ2v) is 22.6. The molecule has 0 spiro atoms. The molecule has 0 saturated carbocycles. The first-order chi connectivity index (χ1) is 35.1. The Bertz CT molecular complexity index is 3610. The van der Waals surface area contributed by atoms with Gasteiger partial charge in [-0.2, -0.15) is 0 Å². The molecule has 0 aliphatic heterocycles. The highest BCUT2D eigenvalue weighted by Gasteiger charge is 2.30. The maximum Gasteiger partial charge on any atom is 0.164 e. The summed E-state index contributed by atoms with van der Waals surface area (Å²) in [5, 5.41) is 2.52. The first-order valence-corrected chi connectivity index (χ1v) is 25.6. The van der Waals surface area contributed by atoms with E-state index < -0.39 is 0 Å². The average Bonchev–Trinajstić information content (AvgIpc) is 3.73. The van der Waals surface area contributed by atoms with Gasteiger partial charge in [-0.25, -0.2) is 15.0 Å². The van der Waals surface area contributed by atoms with E-state index in [1.807, 2.05) is 12.1 Å². The van der Waals surface area contributed by atoms with E-state index in [-0.39, 0.29) is 16.2 Å². The summed E-state index contributed by atoms with van der Waals surface area (Å²) >= 11 is 0. The van der Waals surface area contributed by atoms with Gasteiger partial charge in [0.05, 0.1) is 16.7 Å². The first kappa shape index (κ1) is 47.1. The molecular weight excluding hydrogens is 885 g/mol. The van der Waals surface area contributed by atoms with Gasteiger partial charge in [0, 0.05) is 38.6 Å². The van der Waals surface area contributed by atoms with Gasteiger partial charge in [0.2, 0.25) is 0 Å². The molecule has 0 aliphatic carbocycles. The third-order valence-corrected chi connectivity index (χ3v) is 14.3. The Kier molecular flexibility index (Phi) is 11.9. The van der Waals surface area contributed by atoms with Crippen molar-refractivity contribution in [1.29, 1.82) is 0 Å². The summed E-state index contributed by atoms with van der Waals surface area (Å²) in [6, 6.07) is 76.6. The van der Waals surface area contributed by atoms with Crippen molar-refractivity contribution in [1.82, 2.24) is 19.5 Å². The lowest BCUT2D eigenvalue weighted by Crippen LogP contribution is -2.18. The normalized spacial score (nSPS) is 12.2. The summed E-state index contributed by atoms with van der Waals surface area (Å²) in [6.07, 6.45) is 0. The molecule has 4 nitrogen and oxygen atoms in total. The Hall–Kier alpha value is -8.21. The van der Waals surface area contributed by atoms with Crippen LogP contribution in [0, 0.1) is 0 Å². The number of aromatic nitrogens is 4. The van der Waals surface area contributed by atoms with Crippen LogP contribution in [0.25, 0.3) is 106 Å². The summed E-state index contributed by atoms with van der Waals surface area (Å²) in [5.74, 6) is 1.82. The predicted octanol–water partition coefficient (Wildman–Crippen LogP) is 18.5. The number of hydrogen-bond donors (Lipinski definition) is 0. The van der Waals surface area contributed by atoms with Crippen molar-refractivity contribution in [3.8, 4) is 84.4 Å². The fourth-order valence-electron chi connectivity index (χ4n) is 10.2. The van der Waals surface area contributed by atoms with Crippen LogP contribution in [-0.2, 0) is 16.2 Å². The molecule has 2 aromatic heterocycles. The minimum absolute atomic E-state index is 0.0424. The van der Waals surface area contributed by atoms with Gasteiger partial charge >= 0.3 is 0 Å². The third-order valence-electron chi connectivity index (χ3n) is 14.3. The van der Waals surface area contributed by atoms with E-state index in [0.29, 0.717) is 17.5 Å². The minimum atomic E-state index is -0.186. The van der Waals surface area contributed by atoms with Gasteiger partial charge in [-0.1, -0.05) is 244 Å². The molecule has 0 fully saturated rings. The van der Waals surface area contributed by atoms with Crippen molar-refractivity contribution in [2.24, 2.45) is 0 Å². The molecule has 0 aliphatic rings. The molecule has 0 amide bonds. The summed E-state index contributed by atoms with van der Waals surface area (Å²) in [5.41, 5.74) is 18.9. The quantitative estimate of drug-likeness (QED) is 0.152. The molecule has 11 rings (SSSR count). The lowest BCUT2D eigenvalue weighted by atomic mass is 9.79. The molecule has 11 aromatic rings. The fourth-order valence-corrected chi connectivity index (χ4v) is 10.2. The second-order valence-electron chi connectivity index (χ2n) is 22.6. The van der Waals surface area contributed by atoms with E-state index in [9.17, 15) is 0 Å². The number of benzene rings is 9. The molecule has 358 valence electrons. The van der Waals surface area contributed by atoms with E-state index in [0.717, 1.165) is 66.9 Å². The van der Waals surface area contributed by atoms with E-state index >= 15 is 0 Å². The van der Waals surface area contributed by atoms with Crippen molar-refractivity contribution in [2.45, 2.75) is 78.6 Å². The lowest BCUT2D eigenvalue weighted by Gasteiger charge is -2.28. The monoisotopic (exact) mass is 946 g/mol. The average molecular weight is 947 g/mol. The van der Waals surface area contributed by atoms with Gasteiger partial charge in [-0.15, -0.1) is 0 Å². The second kappa shape index (κ2) is 18.4. The molecule has 0 unspecified atom stereocenters. The largest absolute Gasteiger partial charge is 0.308 e. The van der Waals surface area contributed by atoms with Crippen LogP contribution in [0.15, 0.2) is 212 Å². The summed E-state index contributed by atoms with van der Waals surface area (Å²) in [4.78, 5) is 16.1. The Balaban J connectivity index is 1.22. The van der Waals surface area contributed by atoms with E-state index in [1.54, 1.807) is 0 Å². The highest BCUT2D eigenvalue weighted by atomic mass is 15.0. The molecule has 4 heteroatoms. The van der Waals surface area contributed by atoms with Crippen molar-refractivity contribution >= 4 is 21.8 Å². The maximum absolute atomic E-state index is 5.41. The zero-order valence-electron chi connectivity index (χ0n) is 43.5. The van der Waals surface area contributed by atoms with Crippen molar-refractivity contribution in [3.63, 3.8) is 0 Å². The molecule has 0 bridgehead atoms. The molecule has 9 aromatic carbocycles. The third kappa shape index (κ3) is 9.19. The van der Waals surface area contributed by atoms with Gasteiger partial charge in [-0.3, -0.25) is 0 Å². The van der Waals surface area contributed by atoms with E-state index in [2.05, 4.69) is 267 Å². The highest BCUT2D eigenvalue weighted by molar-refractivity contribution is 6.13. The molecule has 73 heavy (non-hydrogen) atoms. The number of nitrogens with zero attached hydrogens (tertiary/aromatic N) is 4. The lowest BCUT2D eigenvalue weighted by molar-refractivity contribution is 0.572. The van der Waals surface area contributed by atoms with E-state index in [1.165, 1.54) is 38.5 Å². The van der Waals surface area contributed by atoms with Gasteiger partial charge in [-0.05, 0) is 96.6 Å². The van der Waals surface area contributed by atoms with Gasteiger partial charge in [0.1, 0.15) is 0 Å². The molecular formula is C69H62N4. The summed E-state index contributed by atoms with van der Waals surface area (Å²) in [6.45, 7) is 21.0. The SMILES string of the molecule is CC(C)(C)c1ccc2c(c1)c1cc(C(C)(C)C)cc(C(C)(C)C)c1n2-c1c(-c2ccccc2)cc(-c2nc(-c3ccc(-c4ccccc4)cc3)nc(-c3ccc(-c4ccccc4)cc3)n2)cc1-c1ccccc1. The van der Waals surface area contributed by atoms with Gasteiger partial charge in [0.15, 0.2) is 17.5 Å². The molecule has 2 heterocycles. The van der Waals surface area contributed by atoms with Crippen LogP contribution >= 0.6 is 0 Å². The molecule has 0 N–H and O–H groups in total. The number of hydrogen-bond acceptors (Lipinski definition) is 3. The first-order valence-electron chi connectivity index (χ1n) is 25.6. The smallest absolute Gasteiger partial charge is 0.164 e. The zero-order valence-corrected chi connectivity index (χ0v) is 43.5. The zero-order chi connectivity index (χ0) is 50.6. The van der Waals surface area contributed by atoms with Crippen LogP contribution in [-0.4, -0.2) is 19.5 Å². The van der Waals surface area contributed by atoms with Crippen molar-refractivity contribution in [3.05, 3.63) is 229 Å². The van der Waals surface area contributed by atoms with Crippen LogP contribution < -0.4 is 0 Å². The van der Waals surface area contributed by atoms with Crippen LogP contribution in [0.1, 0.15) is 79.0 Å². The summed E-state index contributed by atoms with van der Waals surface area (Å²) < 4.78 is 2.59. The van der Waals surface area contributed by atoms with E-state index in [4.69, 9.17) is 15.0 Å². The Labute approximate surface area is 431 Å². The van der Waals surface area contributed by atoms with Crippen LogP contribution in [0.4, 0.5) is 0 Å². The number of fused-ring (bicyclic) bond motifs is 3. The van der Waals surface area contributed by atoms with Crippen LogP contribution in [0.5, 0.6) is 0 Å². The Morgan fingerprint density at radius 3 is 1.08 bits per heavy atom. The van der Waals surface area contributed by atoms with Crippen molar-refractivity contribution < 1.29 is 0 Å². The fraction of sp³-hybridized carbons (Fsp3) is 0.174.